The minimum Gasteiger partial charge on any atom is -0.489 e. The fourth-order valence-electron chi connectivity index (χ4n) is 2.80. The van der Waals surface area contributed by atoms with Gasteiger partial charge in [-0.1, -0.05) is 78.0 Å². The molecule has 0 bridgehead atoms. The Morgan fingerprint density at radius 3 is 2.07 bits per heavy atom. The maximum Gasteiger partial charge on any atom is 0.305 e. The molecule has 0 N–H and O–H groups in total. The van der Waals surface area contributed by atoms with E-state index in [1.54, 1.807) is 0 Å². The quantitative estimate of drug-likeness (QED) is 0.267. The number of ether oxygens (including phenoxy) is 2. The Kier molecular flexibility index (Phi) is 8.03. The molecule has 0 fully saturated rings. The fourth-order valence-corrected chi connectivity index (χ4v) is 2.80. The highest BCUT2D eigenvalue weighted by Gasteiger charge is 2.09. The van der Waals surface area contributed by atoms with Crippen LogP contribution in [0.25, 0.3) is 0 Å². The first-order valence-electron chi connectivity index (χ1n) is 9.81. The van der Waals surface area contributed by atoms with Gasteiger partial charge < -0.3 is 14.3 Å². The smallest absolute Gasteiger partial charge is 0.305 e. The van der Waals surface area contributed by atoms with E-state index < -0.39 is 0 Å². The van der Waals surface area contributed by atoms with Crippen LogP contribution in [0.3, 0.4) is 0 Å². The van der Waals surface area contributed by atoms with Crippen LogP contribution in [0.4, 0.5) is 0 Å². The summed E-state index contributed by atoms with van der Waals surface area (Å²) in [4.78, 5) is 17.1. The van der Waals surface area contributed by atoms with E-state index in [-0.39, 0.29) is 12.4 Å². The summed E-state index contributed by atoms with van der Waals surface area (Å²) in [7, 11) is 1.38. The molecule has 0 unspecified atom stereocenters. The van der Waals surface area contributed by atoms with E-state index >= 15 is 0 Å². The molecule has 5 nitrogen and oxygen atoms in total. The van der Waals surface area contributed by atoms with Crippen molar-refractivity contribution in [3.05, 3.63) is 102 Å². The summed E-state index contributed by atoms with van der Waals surface area (Å²) in [6.45, 7) is 0.856. The number of hydrogen-bond donors (Lipinski definition) is 0. The topological polar surface area (TPSA) is 57.1 Å². The van der Waals surface area contributed by atoms with Gasteiger partial charge in [-0.05, 0) is 28.8 Å². The standard InChI is InChI=1S/C25H25NO4/c1-28-25(27)17-16-24(22-10-6-3-7-11-22)26-30-19-21-12-14-23(15-13-21)29-18-20-8-4-2-5-9-20/h2-15H,16-19H2,1H3. The van der Waals surface area contributed by atoms with Crippen molar-refractivity contribution in [1.29, 1.82) is 0 Å². The van der Waals surface area contributed by atoms with Crippen LogP contribution in [-0.4, -0.2) is 18.8 Å². The third kappa shape index (κ3) is 6.78. The van der Waals surface area contributed by atoms with Crippen LogP contribution in [0.5, 0.6) is 5.75 Å². The molecule has 3 aromatic rings. The Bertz CT molecular complexity index is 938. The van der Waals surface area contributed by atoms with Crippen LogP contribution in [-0.2, 0) is 27.6 Å². The van der Waals surface area contributed by atoms with Gasteiger partial charge in [-0.25, -0.2) is 0 Å². The van der Waals surface area contributed by atoms with Crippen molar-refractivity contribution in [3.63, 3.8) is 0 Å². The molecule has 0 spiro atoms. The summed E-state index contributed by atoms with van der Waals surface area (Å²) in [5.41, 5.74) is 3.74. The number of rotatable bonds is 10. The molecule has 0 heterocycles. The Morgan fingerprint density at radius 1 is 0.767 bits per heavy atom. The minimum atomic E-state index is -0.273. The van der Waals surface area contributed by atoms with Crippen LogP contribution in [0.15, 0.2) is 90.1 Å². The number of hydrogen-bond acceptors (Lipinski definition) is 5. The second kappa shape index (κ2) is 11.4. The molecule has 0 radical (unpaired) electrons. The molecule has 154 valence electrons. The van der Waals surface area contributed by atoms with E-state index in [4.69, 9.17) is 14.3 Å². The Labute approximate surface area is 176 Å². The zero-order valence-corrected chi connectivity index (χ0v) is 17.0. The predicted octanol–water partition coefficient (Wildman–Crippen LogP) is 5.14. The molecule has 0 saturated carbocycles. The molecule has 3 rings (SSSR count). The summed E-state index contributed by atoms with van der Waals surface area (Å²) >= 11 is 0. The SMILES string of the molecule is COC(=O)CCC(=NOCc1ccc(OCc2ccccc2)cc1)c1ccccc1. The van der Waals surface area contributed by atoms with Crippen LogP contribution >= 0.6 is 0 Å². The zero-order valence-electron chi connectivity index (χ0n) is 17.0. The van der Waals surface area contributed by atoms with Crippen molar-refractivity contribution in [1.82, 2.24) is 0 Å². The van der Waals surface area contributed by atoms with Gasteiger partial charge in [0.25, 0.3) is 0 Å². The van der Waals surface area contributed by atoms with Gasteiger partial charge in [-0.15, -0.1) is 0 Å². The second-order valence-corrected chi connectivity index (χ2v) is 6.67. The van der Waals surface area contributed by atoms with E-state index in [2.05, 4.69) is 5.16 Å². The van der Waals surface area contributed by atoms with Crippen LogP contribution < -0.4 is 4.74 Å². The van der Waals surface area contributed by atoms with Crippen molar-refractivity contribution < 1.29 is 19.1 Å². The van der Waals surface area contributed by atoms with Crippen LogP contribution in [0.2, 0.25) is 0 Å². The Balaban J connectivity index is 1.55. The summed E-state index contributed by atoms with van der Waals surface area (Å²) in [6.07, 6.45) is 0.698. The molecule has 5 heteroatoms. The monoisotopic (exact) mass is 403 g/mol. The van der Waals surface area contributed by atoms with Crippen molar-refractivity contribution >= 4 is 11.7 Å². The lowest BCUT2D eigenvalue weighted by atomic mass is 10.1. The number of carbonyl (C=O) groups is 1. The number of oxime groups is 1. The summed E-state index contributed by atoms with van der Waals surface area (Å²) < 4.78 is 10.5. The van der Waals surface area contributed by atoms with E-state index in [9.17, 15) is 4.79 Å². The first-order valence-corrected chi connectivity index (χ1v) is 9.81. The molecular weight excluding hydrogens is 378 g/mol. The van der Waals surface area contributed by atoms with Gasteiger partial charge in [0.2, 0.25) is 0 Å². The van der Waals surface area contributed by atoms with E-state index in [1.165, 1.54) is 7.11 Å². The molecule has 30 heavy (non-hydrogen) atoms. The van der Waals surface area contributed by atoms with Gasteiger partial charge in [0, 0.05) is 6.42 Å². The molecule has 0 aliphatic carbocycles. The Hall–Kier alpha value is -3.60. The highest BCUT2D eigenvalue weighted by atomic mass is 16.6. The highest BCUT2D eigenvalue weighted by Crippen LogP contribution is 2.15. The number of benzene rings is 3. The molecular formula is C25H25NO4. The molecule has 0 atom stereocenters. The first kappa shape index (κ1) is 21.1. The number of nitrogens with zero attached hydrogens (tertiary/aromatic N) is 1. The second-order valence-electron chi connectivity index (χ2n) is 6.67. The highest BCUT2D eigenvalue weighted by molar-refractivity contribution is 6.01. The number of methoxy groups -OCH3 is 1. The molecule has 0 aliphatic heterocycles. The Morgan fingerprint density at radius 2 is 1.40 bits per heavy atom. The van der Waals surface area contributed by atoms with E-state index in [1.807, 2.05) is 84.9 Å². The summed E-state index contributed by atoms with van der Waals surface area (Å²) in [5.74, 6) is 0.527. The van der Waals surface area contributed by atoms with Gasteiger partial charge in [-0.3, -0.25) is 4.79 Å². The maximum absolute atomic E-state index is 11.5. The lowest BCUT2D eigenvalue weighted by molar-refractivity contribution is -0.140. The summed E-state index contributed by atoms with van der Waals surface area (Å²) in [5, 5.41) is 4.27. The van der Waals surface area contributed by atoms with Gasteiger partial charge in [0.15, 0.2) is 0 Å². The first-order chi connectivity index (χ1) is 14.7. The van der Waals surface area contributed by atoms with Crippen molar-refractivity contribution in [2.75, 3.05) is 7.11 Å². The average Bonchev–Trinajstić information content (AvgIpc) is 2.81. The normalized spacial score (nSPS) is 11.0. The van der Waals surface area contributed by atoms with Crippen LogP contribution in [0.1, 0.15) is 29.5 Å². The van der Waals surface area contributed by atoms with Gasteiger partial charge >= 0.3 is 5.97 Å². The van der Waals surface area contributed by atoms with Crippen LogP contribution in [0, 0.1) is 0 Å². The fraction of sp³-hybridized carbons (Fsp3) is 0.200. The number of esters is 1. The van der Waals surface area contributed by atoms with Crippen molar-refractivity contribution in [3.8, 4) is 5.75 Å². The largest absolute Gasteiger partial charge is 0.489 e. The predicted molar refractivity (Wildman–Crippen MR) is 116 cm³/mol. The molecule has 0 aromatic heterocycles. The number of carbonyl (C=O) groups excluding carboxylic acids is 1. The summed E-state index contributed by atoms with van der Waals surface area (Å²) in [6, 6.07) is 27.5. The van der Waals surface area contributed by atoms with Gasteiger partial charge in [0.05, 0.1) is 19.2 Å². The van der Waals surface area contributed by atoms with Crippen molar-refractivity contribution in [2.24, 2.45) is 5.16 Å². The van der Waals surface area contributed by atoms with Crippen molar-refractivity contribution in [2.45, 2.75) is 26.1 Å². The minimum absolute atomic E-state index is 0.251. The molecule has 0 amide bonds. The molecule has 0 saturated heterocycles. The lowest BCUT2D eigenvalue weighted by Gasteiger charge is -2.08. The average molecular weight is 403 g/mol. The van der Waals surface area contributed by atoms with E-state index in [0.717, 1.165) is 22.4 Å². The lowest BCUT2D eigenvalue weighted by Crippen LogP contribution is -2.08. The zero-order chi connectivity index (χ0) is 21.0. The van der Waals surface area contributed by atoms with Gasteiger partial charge in [-0.2, -0.15) is 0 Å². The molecule has 0 aliphatic rings. The maximum atomic E-state index is 11.5. The molecule has 3 aromatic carbocycles. The third-order valence-electron chi connectivity index (χ3n) is 4.48. The third-order valence-corrected chi connectivity index (χ3v) is 4.48. The van der Waals surface area contributed by atoms with E-state index in [0.29, 0.717) is 25.3 Å². The van der Waals surface area contributed by atoms with Gasteiger partial charge in [0.1, 0.15) is 19.0 Å².